The van der Waals surface area contributed by atoms with Gasteiger partial charge in [0.15, 0.2) is 0 Å². The summed E-state index contributed by atoms with van der Waals surface area (Å²) in [5.74, 6) is 0.00535. The van der Waals surface area contributed by atoms with Crippen molar-refractivity contribution in [1.82, 2.24) is 10.1 Å². The normalized spacial score (nSPS) is 10.7. The zero-order chi connectivity index (χ0) is 14.1. The lowest BCUT2D eigenvalue weighted by molar-refractivity contribution is 0.429. The molecule has 0 aliphatic carbocycles. The molecular weight excluding hydrogens is 327 g/mol. The van der Waals surface area contributed by atoms with Crippen molar-refractivity contribution in [1.29, 1.82) is 0 Å². The highest BCUT2D eigenvalue weighted by Gasteiger charge is 2.17. The lowest BCUT2D eigenvalue weighted by Gasteiger charge is -1.99. The highest BCUT2D eigenvalue weighted by Crippen LogP contribution is 2.31. The van der Waals surface area contributed by atoms with E-state index in [0.717, 1.165) is 0 Å². The second-order valence-corrected chi connectivity index (χ2v) is 4.92. The van der Waals surface area contributed by atoms with Crippen molar-refractivity contribution in [3.8, 4) is 28.6 Å². The quantitative estimate of drug-likeness (QED) is 0.769. The first-order chi connectivity index (χ1) is 9.65. The van der Waals surface area contributed by atoms with Crippen LogP contribution in [0.4, 0.5) is 4.39 Å². The van der Waals surface area contributed by atoms with Gasteiger partial charge in [0.25, 0.3) is 5.89 Å². The summed E-state index contributed by atoms with van der Waals surface area (Å²) in [6, 6.07) is 11.0. The molecular formula is C14H8BrFN2O2. The van der Waals surface area contributed by atoms with Crippen molar-refractivity contribution in [3.63, 3.8) is 0 Å². The summed E-state index contributed by atoms with van der Waals surface area (Å²) in [6.07, 6.45) is 0. The van der Waals surface area contributed by atoms with Crippen LogP contribution in [0.15, 0.2) is 51.5 Å². The summed E-state index contributed by atoms with van der Waals surface area (Å²) in [6.45, 7) is 0. The molecule has 0 bridgehead atoms. The molecule has 0 unspecified atom stereocenters. The molecule has 3 rings (SSSR count). The van der Waals surface area contributed by atoms with Crippen LogP contribution in [0.25, 0.3) is 22.8 Å². The number of benzene rings is 2. The Labute approximate surface area is 122 Å². The van der Waals surface area contributed by atoms with E-state index in [9.17, 15) is 9.50 Å². The van der Waals surface area contributed by atoms with Crippen molar-refractivity contribution in [2.75, 3.05) is 0 Å². The zero-order valence-electron chi connectivity index (χ0n) is 10.0. The van der Waals surface area contributed by atoms with Gasteiger partial charge in [-0.1, -0.05) is 23.4 Å². The molecule has 0 atom stereocenters. The standard InChI is InChI=1S/C14H8BrFN2O2/c15-10-5-2-6-11(16)12(10)14-17-13(18-20-14)8-3-1-4-9(19)7-8/h1-7,19H. The first kappa shape index (κ1) is 12.8. The number of aromatic hydroxyl groups is 1. The summed E-state index contributed by atoms with van der Waals surface area (Å²) in [7, 11) is 0. The summed E-state index contributed by atoms with van der Waals surface area (Å²) in [5.41, 5.74) is 0.805. The van der Waals surface area contributed by atoms with Crippen LogP contribution in [-0.2, 0) is 0 Å². The molecule has 100 valence electrons. The average Bonchev–Trinajstić information content (AvgIpc) is 2.88. The Hall–Kier alpha value is -2.21. The summed E-state index contributed by atoms with van der Waals surface area (Å²) < 4.78 is 19.4. The fraction of sp³-hybridized carbons (Fsp3) is 0. The lowest BCUT2D eigenvalue weighted by atomic mass is 10.2. The first-order valence-electron chi connectivity index (χ1n) is 5.72. The Balaban J connectivity index is 2.07. The van der Waals surface area contributed by atoms with Gasteiger partial charge in [-0.25, -0.2) is 4.39 Å². The van der Waals surface area contributed by atoms with Crippen molar-refractivity contribution < 1.29 is 14.0 Å². The molecule has 4 nitrogen and oxygen atoms in total. The minimum atomic E-state index is -0.453. The monoisotopic (exact) mass is 334 g/mol. The van der Waals surface area contributed by atoms with Gasteiger partial charge in [0.05, 0.1) is 5.56 Å². The second kappa shape index (κ2) is 5.05. The van der Waals surface area contributed by atoms with E-state index < -0.39 is 5.82 Å². The molecule has 2 aromatic carbocycles. The molecule has 0 saturated heterocycles. The highest BCUT2D eigenvalue weighted by atomic mass is 79.9. The third-order valence-electron chi connectivity index (χ3n) is 2.71. The van der Waals surface area contributed by atoms with E-state index in [2.05, 4.69) is 26.1 Å². The van der Waals surface area contributed by atoms with E-state index in [1.807, 2.05) is 0 Å². The minimum Gasteiger partial charge on any atom is -0.508 e. The summed E-state index contributed by atoms with van der Waals surface area (Å²) >= 11 is 3.25. The maximum Gasteiger partial charge on any atom is 0.262 e. The van der Waals surface area contributed by atoms with Crippen LogP contribution in [-0.4, -0.2) is 15.2 Å². The molecule has 0 radical (unpaired) electrons. The van der Waals surface area contributed by atoms with Gasteiger partial charge in [-0.15, -0.1) is 0 Å². The van der Waals surface area contributed by atoms with E-state index in [1.165, 1.54) is 18.2 Å². The number of hydrogen-bond donors (Lipinski definition) is 1. The molecule has 1 aromatic heterocycles. The van der Waals surface area contributed by atoms with Gasteiger partial charge in [0, 0.05) is 10.0 Å². The molecule has 0 amide bonds. The Morgan fingerprint density at radius 2 is 1.95 bits per heavy atom. The Bertz CT molecular complexity index is 753. The fourth-order valence-corrected chi connectivity index (χ4v) is 2.30. The smallest absolute Gasteiger partial charge is 0.262 e. The predicted molar refractivity (Wildman–Crippen MR) is 74.5 cm³/mol. The molecule has 0 aliphatic rings. The van der Waals surface area contributed by atoms with Gasteiger partial charge in [0.1, 0.15) is 11.6 Å². The zero-order valence-corrected chi connectivity index (χ0v) is 11.6. The van der Waals surface area contributed by atoms with Crippen molar-refractivity contribution in [2.24, 2.45) is 0 Å². The molecule has 1 heterocycles. The first-order valence-corrected chi connectivity index (χ1v) is 6.52. The van der Waals surface area contributed by atoms with E-state index in [-0.39, 0.29) is 23.0 Å². The maximum atomic E-state index is 13.8. The van der Waals surface area contributed by atoms with Gasteiger partial charge < -0.3 is 9.63 Å². The van der Waals surface area contributed by atoms with Gasteiger partial charge in [-0.05, 0) is 40.2 Å². The highest BCUT2D eigenvalue weighted by molar-refractivity contribution is 9.10. The maximum absolute atomic E-state index is 13.8. The number of phenolic OH excluding ortho intramolecular Hbond substituents is 1. The van der Waals surface area contributed by atoms with Crippen LogP contribution >= 0.6 is 15.9 Å². The molecule has 20 heavy (non-hydrogen) atoms. The topological polar surface area (TPSA) is 59.2 Å². The average molecular weight is 335 g/mol. The van der Waals surface area contributed by atoms with E-state index in [4.69, 9.17) is 4.52 Å². The molecule has 1 N–H and O–H groups in total. The van der Waals surface area contributed by atoms with Crippen LogP contribution in [0, 0.1) is 5.82 Å². The van der Waals surface area contributed by atoms with Crippen LogP contribution < -0.4 is 0 Å². The Morgan fingerprint density at radius 3 is 2.70 bits per heavy atom. The number of halogens is 2. The van der Waals surface area contributed by atoms with Crippen molar-refractivity contribution in [3.05, 3.63) is 52.8 Å². The van der Waals surface area contributed by atoms with E-state index >= 15 is 0 Å². The van der Waals surface area contributed by atoms with E-state index in [0.29, 0.717) is 10.0 Å². The number of rotatable bonds is 2. The van der Waals surface area contributed by atoms with Gasteiger partial charge in [0.2, 0.25) is 5.82 Å². The molecule has 0 spiro atoms. The predicted octanol–water partition coefficient (Wildman–Crippen LogP) is 4.01. The van der Waals surface area contributed by atoms with Crippen LogP contribution in [0.5, 0.6) is 5.75 Å². The third kappa shape index (κ3) is 2.30. The van der Waals surface area contributed by atoms with Crippen LogP contribution in [0.3, 0.4) is 0 Å². The molecule has 0 fully saturated rings. The molecule has 0 saturated carbocycles. The van der Waals surface area contributed by atoms with Gasteiger partial charge >= 0.3 is 0 Å². The number of aromatic nitrogens is 2. The van der Waals surface area contributed by atoms with Gasteiger partial charge in [-0.2, -0.15) is 4.98 Å². The van der Waals surface area contributed by atoms with Gasteiger partial charge in [-0.3, -0.25) is 0 Å². The van der Waals surface area contributed by atoms with Crippen LogP contribution in [0.1, 0.15) is 0 Å². The number of nitrogens with zero attached hydrogens (tertiary/aromatic N) is 2. The van der Waals surface area contributed by atoms with Crippen molar-refractivity contribution in [2.45, 2.75) is 0 Å². The summed E-state index contributed by atoms with van der Waals surface area (Å²) in [5, 5.41) is 13.2. The van der Waals surface area contributed by atoms with E-state index in [1.54, 1.807) is 24.3 Å². The molecule has 6 heteroatoms. The fourth-order valence-electron chi connectivity index (χ4n) is 1.79. The second-order valence-electron chi connectivity index (χ2n) is 4.07. The number of hydrogen-bond acceptors (Lipinski definition) is 4. The Kier molecular flexibility index (Phi) is 3.23. The summed E-state index contributed by atoms with van der Waals surface area (Å²) in [4.78, 5) is 4.15. The SMILES string of the molecule is Oc1cccc(-c2noc(-c3c(F)cccc3Br)n2)c1. The molecule has 3 aromatic rings. The third-order valence-corrected chi connectivity index (χ3v) is 3.37. The van der Waals surface area contributed by atoms with Crippen molar-refractivity contribution >= 4 is 15.9 Å². The minimum absolute atomic E-state index is 0.0771. The Morgan fingerprint density at radius 1 is 1.15 bits per heavy atom. The van der Waals surface area contributed by atoms with Crippen LogP contribution in [0.2, 0.25) is 0 Å². The molecule has 0 aliphatic heterocycles. The largest absolute Gasteiger partial charge is 0.508 e. The number of phenols is 1. The lowest BCUT2D eigenvalue weighted by Crippen LogP contribution is -1.86.